The van der Waals surface area contributed by atoms with Crippen LogP contribution in [-0.2, 0) is 0 Å². The first kappa shape index (κ1) is 14.9. The molecule has 1 fully saturated rings. The van der Waals surface area contributed by atoms with Gasteiger partial charge in [0.25, 0.3) is 5.91 Å². The van der Waals surface area contributed by atoms with Crippen molar-refractivity contribution in [2.45, 2.75) is 58.9 Å². The van der Waals surface area contributed by atoms with Gasteiger partial charge in [-0.2, -0.15) is 5.10 Å². The van der Waals surface area contributed by atoms with Gasteiger partial charge >= 0.3 is 0 Å². The number of aromatic nitrogens is 2. The lowest BCUT2D eigenvalue weighted by atomic mass is 10.1. The van der Waals surface area contributed by atoms with Gasteiger partial charge in [0.15, 0.2) is 5.69 Å². The maximum Gasteiger partial charge on any atom is 0.276 e. The van der Waals surface area contributed by atoms with E-state index in [0.29, 0.717) is 23.3 Å². The summed E-state index contributed by atoms with van der Waals surface area (Å²) >= 11 is 0. The average Bonchev–Trinajstić information content (AvgIpc) is 3.11. The van der Waals surface area contributed by atoms with E-state index in [1.54, 1.807) is 0 Å². The number of anilines is 1. The molecule has 0 saturated heterocycles. The molecule has 1 aliphatic rings. The molecule has 5 heteroatoms. The zero-order valence-electron chi connectivity index (χ0n) is 12.9. The minimum absolute atomic E-state index is 0.0196. The van der Waals surface area contributed by atoms with E-state index in [1.165, 1.54) is 0 Å². The van der Waals surface area contributed by atoms with E-state index in [1.807, 2.05) is 18.7 Å². The molecule has 1 heterocycles. The highest BCUT2D eigenvalue weighted by Gasteiger charge is 2.35. The zero-order valence-corrected chi connectivity index (χ0v) is 12.9. The molecular formula is C15H26N4O. The number of rotatable bonds is 6. The average molecular weight is 278 g/mol. The van der Waals surface area contributed by atoms with Crippen molar-refractivity contribution in [2.24, 2.45) is 5.92 Å². The van der Waals surface area contributed by atoms with Gasteiger partial charge in [0.05, 0.1) is 11.4 Å². The van der Waals surface area contributed by atoms with Crippen molar-refractivity contribution >= 4 is 11.6 Å². The predicted octanol–water partition coefficient (Wildman–Crippen LogP) is 2.77. The summed E-state index contributed by atoms with van der Waals surface area (Å²) in [5, 5.41) is 7.06. The first-order valence-electron chi connectivity index (χ1n) is 7.56. The Labute approximate surface area is 120 Å². The minimum atomic E-state index is -0.0196. The highest BCUT2D eigenvalue weighted by molar-refractivity contribution is 5.98. The van der Waals surface area contributed by atoms with Crippen LogP contribution in [0.5, 0.6) is 0 Å². The summed E-state index contributed by atoms with van der Waals surface area (Å²) in [6.07, 6.45) is 3.22. The quantitative estimate of drug-likeness (QED) is 0.840. The third kappa shape index (κ3) is 3.14. The van der Waals surface area contributed by atoms with Crippen molar-refractivity contribution in [3.05, 3.63) is 11.4 Å². The third-order valence-electron chi connectivity index (χ3n) is 3.81. The van der Waals surface area contributed by atoms with Crippen molar-refractivity contribution in [3.63, 3.8) is 0 Å². The van der Waals surface area contributed by atoms with Gasteiger partial charge in [-0.25, -0.2) is 0 Å². The van der Waals surface area contributed by atoms with Crippen LogP contribution in [0.2, 0.25) is 0 Å². The van der Waals surface area contributed by atoms with Crippen LogP contribution in [0.1, 0.15) is 69.1 Å². The molecule has 0 spiro atoms. The van der Waals surface area contributed by atoms with Crippen LogP contribution < -0.4 is 5.73 Å². The molecule has 0 bridgehead atoms. The van der Waals surface area contributed by atoms with Crippen molar-refractivity contribution in [1.29, 1.82) is 0 Å². The summed E-state index contributed by atoms with van der Waals surface area (Å²) in [7, 11) is 0. The molecule has 0 unspecified atom stereocenters. The number of carbonyl (C=O) groups excluding carboxylic acids is 1. The number of nitrogens with one attached hydrogen (secondary N) is 1. The Morgan fingerprint density at radius 1 is 1.40 bits per heavy atom. The fraction of sp³-hybridized carbons (Fsp3) is 0.733. The Hall–Kier alpha value is -1.52. The second-order valence-electron chi connectivity index (χ2n) is 6.47. The molecule has 1 aromatic rings. The number of carbonyl (C=O) groups is 1. The topological polar surface area (TPSA) is 75.0 Å². The standard InChI is InChI=1S/C15H26N4O/c1-9(2)7-8-19(11-5-6-11)15(20)14-12(16)13(10(3)4)17-18-14/h9-11H,5-8,16H2,1-4H3,(H,17,18). The lowest BCUT2D eigenvalue weighted by Crippen LogP contribution is -2.35. The number of nitrogens with zero attached hydrogens (tertiary/aromatic N) is 2. The smallest absolute Gasteiger partial charge is 0.276 e. The first-order chi connectivity index (χ1) is 9.41. The molecule has 1 aromatic heterocycles. The highest BCUT2D eigenvalue weighted by Crippen LogP contribution is 2.30. The van der Waals surface area contributed by atoms with E-state index in [2.05, 4.69) is 24.0 Å². The van der Waals surface area contributed by atoms with E-state index >= 15 is 0 Å². The first-order valence-corrected chi connectivity index (χ1v) is 7.56. The Bertz CT molecular complexity index is 474. The van der Waals surface area contributed by atoms with Crippen molar-refractivity contribution in [3.8, 4) is 0 Å². The molecular weight excluding hydrogens is 252 g/mol. The van der Waals surface area contributed by atoms with Crippen LogP contribution in [0, 0.1) is 5.92 Å². The normalized spacial score (nSPS) is 15.1. The maximum atomic E-state index is 12.7. The predicted molar refractivity (Wildman–Crippen MR) is 80.6 cm³/mol. The number of nitrogen functional groups attached to an aromatic ring is 1. The lowest BCUT2D eigenvalue weighted by Gasteiger charge is -2.22. The van der Waals surface area contributed by atoms with Crippen LogP contribution >= 0.6 is 0 Å². The molecule has 0 aromatic carbocycles. The largest absolute Gasteiger partial charge is 0.395 e. The van der Waals surface area contributed by atoms with Gasteiger partial charge in [-0.05, 0) is 31.1 Å². The fourth-order valence-electron chi connectivity index (χ4n) is 2.34. The van der Waals surface area contributed by atoms with Gasteiger partial charge < -0.3 is 10.6 Å². The summed E-state index contributed by atoms with van der Waals surface area (Å²) in [5.41, 5.74) is 7.84. The summed E-state index contributed by atoms with van der Waals surface area (Å²) in [5.74, 6) is 0.815. The van der Waals surface area contributed by atoms with Crippen LogP contribution in [0.3, 0.4) is 0 Å². The zero-order chi connectivity index (χ0) is 14.9. The second kappa shape index (κ2) is 5.85. The Morgan fingerprint density at radius 2 is 2.05 bits per heavy atom. The molecule has 1 aliphatic carbocycles. The number of amides is 1. The van der Waals surface area contributed by atoms with Gasteiger partial charge in [-0.15, -0.1) is 0 Å². The molecule has 2 rings (SSSR count). The second-order valence-corrected chi connectivity index (χ2v) is 6.47. The maximum absolute atomic E-state index is 12.7. The molecule has 3 N–H and O–H groups in total. The van der Waals surface area contributed by atoms with Gasteiger partial charge in [0.2, 0.25) is 0 Å². The van der Waals surface area contributed by atoms with Crippen LogP contribution in [-0.4, -0.2) is 33.6 Å². The molecule has 1 saturated carbocycles. The van der Waals surface area contributed by atoms with Gasteiger partial charge in [-0.3, -0.25) is 9.89 Å². The molecule has 20 heavy (non-hydrogen) atoms. The number of nitrogens with two attached hydrogens (primary N) is 1. The van der Waals surface area contributed by atoms with Gasteiger partial charge in [0, 0.05) is 12.6 Å². The van der Waals surface area contributed by atoms with E-state index < -0.39 is 0 Å². The van der Waals surface area contributed by atoms with Gasteiger partial charge in [-0.1, -0.05) is 27.7 Å². The van der Waals surface area contributed by atoms with Crippen LogP contribution in [0.15, 0.2) is 0 Å². The summed E-state index contributed by atoms with van der Waals surface area (Å²) in [4.78, 5) is 14.6. The number of H-pyrrole nitrogens is 1. The molecule has 5 nitrogen and oxygen atoms in total. The Kier molecular flexibility index (Phi) is 4.35. The monoisotopic (exact) mass is 278 g/mol. The summed E-state index contributed by atoms with van der Waals surface area (Å²) in [6, 6.07) is 0.389. The number of hydrogen-bond acceptors (Lipinski definition) is 3. The molecule has 0 aliphatic heterocycles. The van der Waals surface area contributed by atoms with E-state index in [-0.39, 0.29) is 11.8 Å². The van der Waals surface area contributed by atoms with Gasteiger partial charge in [0.1, 0.15) is 0 Å². The third-order valence-corrected chi connectivity index (χ3v) is 3.81. The van der Waals surface area contributed by atoms with Crippen molar-refractivity contribution < 1.29 is 4.79 Å². The van der Waals surface area contributed by atoms with E-state index in [0.717, 1.165) is 31.5 Å². The van der Waals surface area contributed by atoms with Crippen LogP contribution in [0.25, 0.3) is 0 Å². The molecule has 1 amide bonds. The van der Waals surface area contributed by atoms with Crippen LogP contribution in [0.4, 0.5) is 5.69 Å². The highest BCUT2D eigenvalue weighted by atomic mass is 16.2. The molecule has 112 valence electrons. The van der Waals surface area contributed by atoms with E-state index in [9.17, 15) is 4.79 Å². The summed E-state index contributed by atoms with van der Waals surface area (Å²) in [6.45, 7) is 9.22. The molecule has 0 radical (unpaired) electrons. The molecule has 0 atom stereocenters. The lowest BCUT2D eigenvalue weighted by molar-refractivity contribution is 0.0730. The SMILES string of the molecule is CC(C)CCN(C(=O)c1n[nH]c(C(C)C)c1N)C1CC1. The summed E-state index contributed by atoms with van der Waals surface area (Å²) < 4.78 is 0. The number of aromatic amines is 1. The number of hydrogen-bond donors (Lipinski definition) is 2. The Morgan fingerprint density at radius 3 is 2.50 bits per heavy atom. The van der Waals surface area contributed by atoms with E-state index in [4.69, 9.17) is 5.73 Å². The fourth-order valence-corrected chi connectivity index (χ4v) is 2.34. The van der Waals surface area contributed by atoms with Crippen molar-refractivity contribution in [2.75, 3.05) is 12.3 Å². The van der Waals surface area contributed by atoms with Crippen molar-refractivity contribution in [1.82, 2.24) is 15.1 Å². The Balaban J connectivity index is 2.15. The minimum Gasteiger partial charge on any atom is -0.395 e.